The minimum absolute atomic E-state index is 0.266. The minimum atomic E-state index is -0.497. The van der Waals surface area contributed by atoms with Crippen molar-refractivity contribution in [3.8, 4) is 10.7 Å². The van der Waals surface area contributed by atoms with E-state index in [0.29, 0.717) is 28.8 Å². The number of amides is 2. The Morgan fingerprint density at radius 2 is 2.13 bits per heavy atom. The summed E-state index contributed by atoms with van der Waals surface area (Å²) in [6.45, 7) is 0.544. The van der Waals surface area contributed by atoms with Crippen LogP contribution in [0.1, 0.15) is 36.0 Å². The number of nitrogens with zero attached hydrogens (tertiary/aromatic N) is 6. The number of nitrogens with one attached hydrogen (secondary N) is 2. The summed E-state index contributed by atoms with van der Waals surface area (Å²) in [5.41, 5.74) is 0.822. The zero-order chi connectivity index (χ0) is 20.6. The average Bonchev–Trinajstić information content (AvgIpc) is 3.38. The predicted octanol–water partition coefficient (Wildman–Crippen LogP) is 3.84. The standard InChI is InChI=1S/C19H17FN8OS/c20-11-3-1-8-21-15(11)19(6-2-7-19)10-23-14-5-4-12(25-26-14)17-22-9-13(30-17)16-24-18(29)28-27-16/h1,3-5,8-9,16H,2,6-7,10H2,(H,23,26)(H,24,29). The van der Waals surface area contributed by atoms with E-state index in [1.165, 1.54) is 17.4 Å². The molecule has 0 saturated heterocycles. The predicted molar refractivity (Wildman–Crippen MR) is 107 cm³/mol. The summed E-state index contributed by atoms with van der Waals surface area (Å²) < 4.78 is 14.2. The normalized spacial score (nSPS) is 19.4. The third kappa shape index (κ3) is 3.41. The fourth-order valence-electron chi connectivity index (χ4n) is 3.62. The van der Waals surface area contributed by atoms with Gasteiger partial charge in [0.05, 0.1) is 10.6 Å². The molecule has 5 rings (SSSR count). The highest BCUT2D eigenvalue weighted by Crippen LogP contribution is 2.43. The molecule has 152 valence electrons. The molecule has 3 aromatic rings. The van der Waals surface area contributed by atoms with Gasteiger partial charge in [-0.25, -0.2) is 14.2 Å². The first-order chi connectivity index (χ1) is 14.6. The van der Waals surface area contributed by atoms with Crippen molar-refractivity contribution in [1.82, 2.24) is 25.5 Å². The second-order valence-electron chi connectivity index (χ2n) is 7.26. The first-order valence-corrected chi connectivity index (χ1v) is 10.3. The summed E-state index contributed by atoms with van der Waals surface area (Å²) in [6, 6.07) is 6.25. The summed E-state index contributed by atoms with van der Waals surface area (Å²) >= 11 is 1.37. The lowest BCUT2D eigenvalue weighted by atomic mass is 9.66. The second kappa shape index (κ2) is 7.48. The number of hydrogen-bond donors (Lipinski definition) is 2. The van der Waals surface area contributed by atoms with Crippen molar-refractivity contribution in [3.63, 3.8) is 0 Å². The van der Waals surface area contributed by atoms with Crippen LogP contribution >= 0.6 is 11.3 Å². The molecular weight excluding hydrogens is 407 g/mol. The quantitative estimate of drug-likeness (QED) is 0.621. The largest absolute Gasteiger partial charge is 0.368 e. The molecule has 2 N–H and O–H groups in total. The van der Waals surface area contributed by atoms with Crippen LogP contribution in [0.2, 0.25) is 0 Å². The van der Waals surface area contributed by atoms with Gasteiger partial charge in [-0.15, -0.1) is 21.5 Å². The van der Waals surface area contributed by atoms with Crippen LogP contribution < -0.4 is 10.6 Å². The van der Waals surface area contributed by atoms with E-state index in [4.69, 9.17) is 0 Å². The molecule has 11 heteroatoms. The Bertz CT molecular complexity index is 1110. The topological polar surface area (TPSA) is 117 Å². The Morgan fingerprint density at radius 1 is 1.23 bits per heavy atom. The molecule has 0 spiro atoms. The Hall–Kier alpha value is -3.34. The van der Waals surface area contributed by atoms with Crippen molar-refractivity contribution in [3.05, 3.63) is 53.0 Å². The van der Waals surface area contributed by atoms with Gasteiger partial charge in [0, 0.05) is 24.4 Å². The Morgan fingerprint density at radius 3 is 2.80 bits per heavy atom. The van der Waals surface area contributed by atoms with E-state index in [1.54, 1.807) is 18.5 Å². The molecular formula is C19H17FN8OS. The van der Waals surface area contributed by atoms with E-state index >= 15 is 0 Å². The summed E-state index contributed by atoms with van der Waals surface area (Å²) in [5, 5.41) is 22.4. The Kier molecular flexibility index (Phi) is 4.66. The molecule has 1 aliphatic heterocycles. The maximum Gasteiger partial charge on any atom is 0.361 e. The molecule has 0 radical (unpaired) electrons. The highest BCUT2D eigenvalue weighted by molar-refractivity contribution is 7.15. The van der Waals surface area contributed by atoms with Gasteiger partial charge in [-0.05, 0) is 37.1 Å². The van der Waals surface area contributed by atoms with Gasteiger partial charge in [-0.3, -0.25) is 4.98 Å². The molecule has 0 aromatic carbocycles. The summed E-state index contributed by atoms with van der Waals surface area (Å²) in [7, 11) is 0. The van der Waals surface area contributed by atoms with Crippen molar-refractivity contribution in [2.75, 3.05) is 11.9 Å². The minimum Gasteiger partial charge on any atom is -0.368 e. The van der Waals surface area contributed by atoms with E-state index in [1.807, 2.05) is 12.1 Å². The Balaban J connectivity index is 1.27. The highest BCUT2D eigenvalue weighted by atomic mass is 32.1. The highest BCUT2D eigenvalue weighted by Gasteiger charge is 2.41. The van der Waals surface area contributed by atoms with Gasteiger partial charge >= 0.3 is 6.03 Å². The number of azo groups is 1. The van der Waals surface area contributed by atoms with E-state index < -0.39 is 12.2 Å². The number of hydrogen-bond acceptors (Lipinski definition) is 8. The van der Waals surface area contributed by atoms with Crippen molar-refractivity contribution in [1.29, 1.82) is 0 Å². The Labute approximate surface area is 174 Å². The van der Waals surface area contributed by atoms with E-state index in [-0.39, 0.29) is 11.2 Å². The fraction of sp³-hybridized carbons (Fsp3) is 0.316. The first-order valence-electron chi connectivity index (χ1n) is 9.49. The molecule has 1 aliphatic carbocycles. The number of halogens is 1. The molecule has 4 heterocycles. The summed E-state index contributed by atoms with van der Waals surface area (Å²) in [5.74, 6) is 0.341. The first kappa shape index (κ1) is 18.7. The average molecular weight is 424 g/mol. The maximum atomic E-state index is 14.2. The van der Waals surface area contributed by atoms with Crippen molar-refractivity contribution in [2.24, 2.45) is 10.2 Å². The van der Waals surface area contributed by atoms with Gasteiger partial charge in [0.25, 0.3) is 0 Å². The van der Waals surface area contributed by atoms with Crippen LogP contribution in [-0.2, 0) is 5.41 Å². The van der Waals surface area contributed by atoms with Crippen molar-refractivity contribution < 1.29 is 9.18 Å². The smallest absolute Gasteiger partial charge is 0.361 e. The van der Waals surface area contributed by atoms with E-state index in [9.17, 15) is 9.18 Å². The molecule has 1 saturated carbocycles. The van der Waals surface area contributed by atoms with Crippen molar-refractivity contribution >= 4 is 23.2 Å². The number of thiazole rings is 1. The maximum absolute atomic E-state index is 14.2. The number of anilines is 1. The van der Waals surface area contributed by atoms with Crippen LogP contribution in [0.15, 0.2) is 46.9 Å². The van der Waals surface area contributed by atoms with Crippen LogP contribution in [0.25, 0.3) is 10.7 Å². The number of carbonyl (C=O) groups excluding carboxylic acids is 1. The lowest BCUT2D eigenvalue weighted by Crippen LogP contribution is -2.42. The van der Waals surface area contributed by atoms with Gasteiger partial charge in [-0.2, -0.15) is 5.11 Å². The summed E-state index contributed by atoms with van der Waals surface area (Å²) in [6.07, 6.45) is 5.60. The fourth-order valence-corrected chi connectivity index (χ4v) is 4.49. The van der Waals surface area contributed by atoms with E-state index in [0.717, 1.165) is 24.1 Å². The molecule has 1 atom stereocenters. The number of aromatic nitrogens is 4. The second-order valence-corrected chi connectivity index (χ2v) is 8.32. The van der Waals surface area contributed by atoms with Gasteiger partial charge in [0.2, 0.25) is 0 Å². The molecule has 2 aliphatic rings. The zero-order valence-electron chi connectivity index (χ0n) is 15.7. The number of pyridine rings is 1. The monoisotopic (exact) mass is 424 g/mol. The van der Waals surface area contributed by atoms with E-state index in [2.05, 4.69) is 41.0 Å². The lowest BCUT2D eigenvalue weighted by molar-refractivity contribution is 0.243. The van der Waals surface area contributed by atoms with Gasteiger partial charge in [-0.1, -0.05) is 11.5 Å². The van der Waals surface area contributed by atoms with Crippen LogP contribution in [0.3, 0.4) is 0 Å². The third-order valence-electron chi connectivity index (χ3n) is 5.38. The molecule has 0 bridgehead atoms. The van der Waals surface area contributed by atoms with Gasteiger partial charge < -0.3 is 10.6 Å². The van der Waals surface area contributed by atoms with Gasteiger partial charge in [0.15, 0.2) is 6.17 Å². The summed E-state index contributed by atoms with van der Waals surface area (Å²) in [4.78, 5) is 20.6. The molecule has 2 amide bonds. The van der Waals surface area contributed by atoms with Crippen LogP contribution in [0.5, 0.6) is 0 Å². The zero-order valence-corrected chi connectivity index (χ0v) is 16.6. The number of urea groups is 1. The molecule has 1 fully saturated rings. The third-order valence-corrected chi connectivity index (χ3v) is 6.45. The van der Waals surface area contributed by atoms with Crippen LogP contribution in [0.4, 0.5) is 15.0 Å². The van der Waals surface area contributed by atoms with Crippen LogP contribution in [0, 0.1) is 5.82 Å². The van der Waals surface area contributed by atoms with Gasteiger partial charge in [0.1, 0.15) is 22.3 Å². The number of carbonyl (C=O) groups is 1. The number of rotatable bonds is 6. The molecule has 9 nitrogen and oxygen atoms in total. The SMILES string of the molecule is O=C1N=NC(c2cnc(-c3ccc(NCC4(c5ncccc5F)CCC4)nn3)s2)N1. The molecule has 1 unspecified atom stereocenters. The van der Waals surface area contributed by atoms with Crippen LogP contribution in [-0.4, -0.2) is 32.7 Å². The lowest BCUT2D eigenvalue weighted by Gasteiger charge is -2.41. The molecule has 30 heavy (non-hydrogen) atoms. The molecule has 3 aromatic heterocycles. The van der Waals surface area contributed by atoms with Crippen molar-refractivity contribution in [2.45, 2.75) is 30.8 Å².